The highest BCUT2D eigenvalue weighted by Crippen LogP contribution is 2.43. The number of amides is 1. The summed E-state index contributed by atoms with van der Waals surface area (Å²) in [5.41, 5.74) is 1.83. The number of nitrogens with one attached hydrogen (secondary N) is 1. The molecule has 1 saturated heterocycles. The number of ether oxygens (including phenoxy) is 2. The van der Waals surface area contributed by atoms with E-state index in [4.69, 9.17) is 19.4 Å². The van der Waals surface area contributed by atoms with Gasteiger partial charge in [-0.15, -0.1) is 0 Å². The van der Waals surface area contributed by atoms with Gasteiger partial charge < -0.3 is 29.7 Å². The lowest BCUT2D eigenvalue weighted by molar-refractivity contribution is -0.132. The van der Waals surface area contributed by atoms with E-state index in [1.54, 1.807) is 24.1 Å². The lowest BCUT2D eigenvalue weighted by atomic mass is 9.93. The Kier molecular flexibility index (Phi) is 8.36. The zero-order chi connectivity index (χ0) is 30.0. The lowest BCUT2D eigenvalue weighted by Gasteiger charge is -2.30. The van der Waals surface area contributed by atoms with Gasteiger partial charge in [0.1, 0.15) is 23.2 Å². The molecule has 0 spiro atoms. The maximum atomic E-state index is 12.9. The standard InChI is InChI=1S/C28H32N8O5S/c1-16-12-22(34(4)14-17(2)25(37)30-21-7-6-19(40-5)13-29-21)31-24-23(16)18(3)20(26(38)39)15-36(24)28-32-27(33-42-28)35-8-10-41-11-9-35/h6-7,12-13,15,17H,3,8-11,14H2,1-2,4-5H3,(H,38,39)(H,29,30,37). The third kappa shape index (κ3) is 5.90. The van der Waals surface area contributed by atoms with Gasteiger partial charge in [0, 0.05) is 50.0 Å². The van der Waals surface area contributed by atoms with Gasteiger partial charge in [0.25, 0.3) is 0 Å². The number of aryl methyl sites for hydroxylation is 1. The SMILES string of the molecule is C=C1C(C(=O)O)=CN(c2nc(N3CCOCC3)ns2)c2nc(N(C)CC(C)C(=O)Nc3ccc(OC)cn3)cc(C)c21. The highest BCUT2D eigenvalue weighted by Gasteiger charge is 2.32. The molecule has 0 aliphatic carbocycles. The van der Waals surface area contributed by atoms with Crippen molar-refractivity contribution < 1.29 is 24.2 Å². The summed E-state index contributed by atoms with van der Waals surface area (Å²) < 4.78 is 15.1. The fourth-order valence-corrected chi connectivity index (χ4v) is 5.39. The summed E-state index contributed by atoms with van der Waals surface area (Å²) in [4.78, 5) is 44.5. The Hall–Kier alpha value is -4.56. The predicted molar refractivity (Wildman–Crippen MR) is 161 cm³/mol. The van der Waals surface area contributed by atoms with Crippen LogP contribution in [0.15, 0.2) is 42.7 Å². The maximum Gasteiger partial charge on any atom is 0.337 e. The van der Waals surface area contributed by atoms with Crippen LogP contribution < -0.4 is 24.8 Å². The fraction of sp³-hybridized carbons (Fsp3) is 0.357. The second kappa shape index (κ2) is 12.1. The molecule has 0 radical (unpaired) electrons. The minimum absolute atomic E-state index is 0.0501. The number of aliphatic carboxylic acids is 1. The summed E-state index contributed by atoms with van der Waals surface area (Å²) >= 11 is 1.16. The van der Waals surface area contributed by atoms with E-state index in [1.807, 2.05) is 36.8 Å². The van der Waals surface area contributed by atoms with E-state index in [1.165, 1.54) is 12.4 Å². The Morgan fingerprint density at radius 2 is 2.05 bits per heavy atom. The Bertz CT molecular complexity index is 1530. The van der Waals surface area contributed by atoms with Gasteiger partial charge in [-0.05, 0) is 36.3 Å². The number of fused-ring (bicyclic) bond motifs is 1. The third-order valence-corrected chi connectivity index (χ3v) is 7.75. The van der Waals surface area contributed by atoms with Crippen LogP contribution in [0.3, 0.4) is 0 Å². The van der Waals surface area contributed by atoms with Crippen molar-refractivity contribution in [2.75, 3.05) is 67.0 Å². The van der Waals surface area contributed by atoms with E-state index >= 15 is 0 Å². The number of hydrogen-bond donors (Lipinski definition) is 2. The quantitative estimate of drug-likeness (QED) is 0.376. The summed E-state index contributed by atoms with van der Waals surface area (Å²) in [6.45, 7) is 10.7. The lowest BCUT2D eigenvalue weighted by Crippen LogP contribution is -2.36. The van der Waals surface area contributed by atoms with Crippen LogP contribution in [-0.4, -0.2) is 83.3 Å². The summed E-state index contributed by atoms with van der Waals surface area (Å²) in [7, 11) is 3.40. The molecule has 0 saturated carbocycles. The van der Waals surface area contributed by atoms with Crippen molar-refractivity contribution in [2.45, 2.75) is 13.8 Å². The molecule has 1 fully saturated rings. The van der Waals surface area contributed by atoms with Gasteiger partial charge in [-0.2, -0.15) is 9.36 Å². The Morgan fingerprint density at radius 3 is 2.71 bits per heavy atom. The van der Waals surface area contributed by atoms with Gasteiger partial charge in [-0.25, -0.2) is 14.8 Å². The molecule has 1 atom stereocenters. The molecule has 14 heteroatoms. The number of anilines is 5. The minimum atomic E-state index is -1.10. The molecule has 3 aromatic rings. The first-order valence-corrected chi connectivity index (χ1v) is 14.1. The molecule has 5 rings (SSSR count). The van der Waals surface area contributed by atoms with Crippen LogP contribution in [-0.2, 0) is 14.3 Å². The summed E-state index contributed by atoms with van der Waals surface area (Å²) in [6, 6.07) is 5.27. The Labute approximate surface area is 247 Å². The first kappa shape index (κ1) is 29.0. The van der Waals surface area contributed by atoms with Crippen LogP contribution in [0.25, 0.3) is 5.57 Å². The van der Waals surface area contributed by atoms with Crippen molar-refractivity contribution >= 4 is 57.5 Å². The van der Waals surface area contributed by atoms with E-state index in [0.29, 0.717) is 78.3 Å². The van der Waals surface area contributed by atoms with Gasteiger partial charge >= 0.3 is 5.97 Å². The Morgan fingerprint density at radius 1 is 1.29 bits per heavy atom. The molecule has 2 aliphatic heterocycles. The number of carboxylic acids is 1. The second-order valence-electron chi connectivity index (χ2n) is 10.0. The van der Waals surface area contributed by atoms with Gasteiger partial charge in [0.05, 0.1) is 38.0 Å². The first-order valence-electron chi connectivity index (χ1n) is 13.3. The highest BCUT2D eigenvalue weighted by atomic mass is 32.1. The summed E-state index contributed by atoms with van der Waals surface area (Å²) in [6.07, 6.45) is 3.03. The van der Waals surface area contributed by atoms with Crippen LogP contribution in [0.4, 0.5) is 28.5 Å². The number of nitrogens with zero attached hydrogens (tertiary/aromatic N) is 7. The van der Waals surface area contributed by atoms with Gasteiger partial charge in [-0.1, -0.05) is 13.5 Å². The van der Waals surface area contributed by atoms with Crippen LogP contribution in [0.5, 0.6) is 5.75 Å². The fourth-order valence-electron chi connectivity index (χ4n) is 4.72. The number of morpholine rings is 1. The molecular formula is C28H32N8O5S. The summed E-state index contributed by atoms with van der Waals surface area (Å²) in [5, 5.41) is 13.2. The molecule has 42 heavy (non-hydrogen) atoms. The number of carbonyl (C=O) groups is 2. The molecule has 13 nitrogen and oxygen atoms in total. The topological polar surface area (TPSA) is 146 Å². The molecule has 0 bridgehead atoms. The van der Waals surface area contributed by atoms with Crippen LogP contribution in [0.2, 0.25) is 0 Å². The van der Waals surface area contributed by atoms with Gasteiger partial charge in [0.2, 0.25) is 17.0 Å². The molecule has 2 aliphatic rings. The van der Waals surface area contributed by atoms with Crippen LogP contribution in [0.1, 0.15) is 18.1 Å². The molecule has 2 N–H and O–H groups in total. The maximum absolute atomic E-state index is 12.9. The molecule has 1 unspecified atom stereocenters. The molecule has 1 amide bonds. The van der Waals surface area contributed by atoms with Crippen molar-refractivity contribution in [2.24, 2.45) is 5.92 Å². The normalized spacial score (nSPS) is 15.5. The molecule has 220 valence electrons. The number of pyridine rings is 2. The number of carbonyl (C=O) groups excluding carboxylic acids is 1. The Balaban J connectivity index is 1.41. The minimum Gasteiger partial charge on any atom is -0.495 e. The number of rotatable bonds is 9. The van der Waals surface area contributed by atoms with E-state index in [0.717, 1.165) is 17.1 Å². The van der Waals surface area contributed by atoms with Crippen LogP contribution >= 0.6 is 11.5 Å². The van der Waals surface area contributed by atoms with Gasteiger partial charge in [0.15, 0.2) is 0 Å². The van der Waals surface area contributed by atoms with E-state index in [9.17, 15) is 14.7 Å². The monoisotopic (exact) mass is 592 g/mol. The van der Waals surface area contributed by atoms with Gasteiger partial charge in [-0.3, -0.25) is 9.69 Å². The predicted octanol–water partition coefficient (Wildman–Crippen LogP) is 3.33. The number of carboxylic acid groups (broad SMARTS) is 1. The van der Waals surface area contributed by atoms with Crippen molar-refractivity contribution in [3.05, 3.63) is 53.9 Å². The average molecular weight is 593 g/mol. The van der Waals surface area contributed by atoms with E-state index < -0.39 is 11.9 Å². The second-order valence-corrected chi connectivity index (χ2v) is 10.8. The zero-order valence-corrected chi connectivity index (χ0v) is 24.6. The zero-order valence-electron chi connectivity index (χ0n) is 23.8. The number of aromatic nitrogens is 4. The summed E-state index contributed by atoms with van der Waals surface area (Å²) in [5.74, 6) is 1.01. The van der Waals surface area contributed by atoms with Crippen molar-refractivity contribution in [1.29, 1.82) is 0 Å². The van der Waals surface area contributed by atoms with Crippen LogP contribution in [0, 0.1) is 12.8 Å². The molecule has 0 aromatic carbocycles. The van der Waals surface area contributed by atoms with Crippen molar-refractivity contribution in [1.82, 2.24) is 19.3 Å². The third-order valence-electron chi connectivity index (χ3n) is 7.04. The first-order chi connectivity index (χ1) is 20.2. The smallest absolute Gasteiger partial charge is 0.337 e. The molecule has 5 heterocycles. The van der Waals surface area contributed by atoms with Crippen molar-refractivity contribution in [3.63, 3.8) is 0 Å². The molecule has 3 aromatic heterocycles. The average Bonchev–Trinajstić information content (AvgIpc) is 3.48. The van der Waals surface area contributed by atoms with Crippen molar-refractivity contribution in [3.8, 4) is 5.75 Å². The highest BCUT2D eigenvalue weighted by molar-refractivity contribution is 7.10. The number of methoxy groups -OCH3 is 1. The largest absolute Gasteiger partial charge is 0.495 e. The number of hydrogen-bond acceptors (Lipinski definition) is 12. The van der Waals surface area contributed by atoms with E-state index in [2.05, 4.69) is 21.3 Å². The molecular weight excluding hydrogens is 560 g/mol. The van der Waals surface area contributed by atoms with E-state index in [-0.39, 0.29) is 11.5 Å².